The molecule has 0 spiro atoms. The van der Waals surface area contributed by atoms with Gasteiger partial charge < -0.3 is 15.0 Å². The number of nitrogens with one attached hydrogen (secondary N) is 1. The molecule has 3 aromatic heterocycles. The van der Waals surface area contributed by atoms with Crippen LogP contribution in [-0.4, -0.2) is 40.6 Å². The van der Waals surface area contributed by atoms with Crippen LogP contribution in [0.1, 0.15) is 31.4 Å². The van der Waals surface area contributed by atoms with Crippen LogP contribution in [0.15, 0.2) is 65.0 Å². The maximum absolute atomic E-state index is 13.5. The van der Waals surface area contributed by atoms with Gasteiger partial charge in [0.25, 0.3) is 5.56 Å². The minimum Gasteiger partial charge on any atom is -0.497 e. The first kappa shape index (κ1) is 23.0. The third-order valence-electron chi connectivity index (χ3n) is 6.47. The van der Waals surface area contributed by atoms with Gasteiger partial charge in [-0.3, -0.25) is 14.6 Å². The second kappa shape index (κ2) is 9.87. The van der Waals surface area contributed by atoms with Crippen LogP contribution >= 0.6 is 11.3 Å². The lowest BCUT2D eigenvalue weighted by Gasteiger charge is -2.33. The third kappa shape index (κ3) is 4.64. The molecule has 1 amide bonds. The summed E-state index contributed by atoms with van der Waals surface area (Å²) in [4.78, 5) is 37.5. The third-order valence-corrected chi connectivity index (χ3v) is 7.36. The standard InChI is InChI=1S/C26H27N5O3S/c1-17(19-5-4-11-27-16-19)28-24(32)18-8-12-30(13-9-18)26-29-22-10-14-35-23(22)25(33)31(26)20-6-3-7-21(15-20)34-2/h3-7,10-11,14-18H,8-9,12-13H2,1-2H3,(H,28,32). The summed E-state index contributed by atoms with van der Waals surface area (Å²) in [6.07, 6.45) is 4.86. The van der Waals surface area contributed by atoms with Gasteiger partial charge in [-0.2, -0.15) is 0 Å². The molecule has 1 aliphatic heterocycles. The number of piperidine rings is 1. The lowest BCUT2D eigenvalue weighted by Crippen LogP contribution is -2.43. The molecule has 1 fully saturated rings. The predicted octanol–water partition coefficient (Wildman–Crippen LogP) is 3.94. The van der Waals surface area contributed by atoms with Crippen LogP contribution in [-0.2, 0) is 4.79 Å². The van der Waals surface area contributed by atoms with E-state index in [2.05, 4.69) is 15.2 Å². The zero-order valence-corrected chi connectivity index (χ0v) is 20.5. The van der Waals surface area contributed by atoms with Crippen molar-refractivity contribution < 1.29 is 9.53 Å². The topological polar surface area (TPSA) is 89.3 Å². The Morgan fingerprint density at radius 1 is 1.20 bits per heavy atom. The van der Waals surface area contributed by atoms with Crippen LogP contribution in [0.5, 0.6) is 5.75 Å². The molecule has 1 saturated heterocycles. The normalized spacial score (nSPS) is 15.2. The molecule has 8 nitrogen and oxygen atoms in total. The smallest absolute Gasteiger partial charge is 0.277 e. The number of aromatic nitrogens is 3. The zero-order chi connectivity index (χ0) is 24.4. The molecule has 4 heterocycles. The number of thiophene rings is 1. The van der Waals surface area contributed by atoms with E-state index in [0.29, 0.717) is 53.5 Å². The molecule has 1 atom stereocenters. The van der Waals surface area contributed by atoms with Gasteiger partial charge in [-0.25, -0.2) is 9.55 Å². The molecule has 5 rings (SSSR count). The van der Waals surface area contributed by atoms with Crippen LogP contribution in [0, 0.1) is 5.92 Å². The summed E-state index contributed by atoms with van der Waals surface area (Å²) in [6.45, 7) is 3.23. The van der Waals surface area contributed by atoms with Crippen molar-refractivity contribution >= 4 is 33.4 Å². The first-order chi connectivity index (χ1) is 17.0. The van der Waals surface area contributed by atoms with Crippen LogP contribution in [0.25, 0.3) is 15.9 Å². The van der Waals surface area contributed by atoms with Crippen molar-refractivity contribution in [2.24, 2.45) is 5.92 Å². The van der Waals surface area contributed by atoms with Gasteiger partial charge in [-0.05, 0) is 55.0 Å². The minimum atomic E-state index is -0.102. The highest BCUT2D eigenvalue weighted by Crippen LogP contribution is 2.28. The van der Waals surface area contributed by atoms with E-state index in [1.807, 2.05) is 54.8 Å². The van der Waals surface area contributed by atoms with Crippen molar-refractivity contribution in [3.05, 3.63) is 76.2 Å². The fraction of sp³-hybridized carbons (Fsp3) is 0.308. The summed E-state index contributed by atoms with van der Waals surface area (Å²) < 4.78 is 7.66. The van der Waals surface area contributed by atoms with E-state index in [4.69, 9.17) is 9.72 Å². The molecular weight excluding hydrogens is 462 g/mol. The molecule has 0 aliphatic carbocycles. The van der Waals surface area contributed by atoms with Crippen LogP contribution in [0.2, 0.25) is 0 Å². The zero-order valence-electron chi connectivity index (χ0n) is 19.7. The SMILES string of the molecule is COc1cccc(-n2c(N3CCC(C(=O)NC(C)c4cccnc4)CC3)nc3ccsc3c2=O)c1. The molecule has 35 heavy (non-hydrogen) atoms. The van der Waals surface area contributed by atoms with Gasteiger partial charge in [-0.15, -0.1) is 11.3 Å². The molecular formula is C26H27N5O3S. The lowest BCUT2D eigenvalue weighted by atomic mass is 9.95. The van der Waals surface area contributed by atoms with E-state index in [1.54, 1.807) is 24.1 Å². The number of methoxy groups -OCH3 is 1. The molecule has 9 heteroatoms. The Hall–Kier alpha value is -3.72. The number of hydrogen-bond acceptors (Lipinski definition) is 7. The minimum absolute atomic E-state index is 0.0486. The number of nitrogens with zero attached hydrogens (tertiary/aromatic N) is 4. The van der Waals surface area contributed by atoms with E-state index in [1.165, 1.54) is 11.3 Å². The Bertz CT molecular complexity index is 1390. The van der Waals surface area contributed by atoms with E-state index < -0.39 is 0 Å². The largest absolute Gasteiger partial charge is 0.497 e. The number of carbonyl (C=O) groups excluding carboxylic acids is 1. The summed E-state index contributed by atoms with van der Waals surface area (Å²) >= 11 is 1.39. The lowest BCUT2D eigenvalue weighted by molar-refractivity contribution is -0.126. The van der Waals surface area contributed by atoms with E-state index >= 15 is 0 Å². The van der Waals surface area contributed by atoms with Gasteiger partial charge in [-0.1, -0.05) is 12.1 Å². The van der Waals surface area contributed by atoms with Crippen molar-refractivity contribution in [3.8, 4) is 11.4 Å². The number of anilines is 1. The molecule has 1 aliphatic rings. The van der Waals surface area contributed by atoms with E-state index in [-0.39, 0.29) is 23.4 Å². The number of benzene rings is 1. The van der Waals surface area contributed by atoms with Crippen molar-refractivity contribution in [3.63, 3.8) is 0 Å². The van der Waals surface area contributed by atoms with Gasteiger partial charge >= 0.3 is 0 Å². The molecule has 0 saturated carbocycles. The average molecular weight is 490 g/mol. The first-order valence-electron chi connectivity index (χ1n) is 11.6. The second-order valence-corrected chi connectivity index (χ2v) is 9.58. The van der Waals surface area contributed by atoms with E-state index in [9.17, 15) is 9.59 Å². The second-order valence-electron chi connectivity index (χ2n) is 8.67. The number of rotatable bonds is 6. The van der Waals surface area contributed by atoms with E-state index in [0.717, 1.165) is 5.56 Å². The Morgan fingerprint density at radius 2 is 2.03 bits per heavy atom. The van der Waals surface area contributed by atoms with Gasteiger partial charge in [0.15, 0.2) is 0 Å². The molecule has 1 N–H and O–H groups in total. The van der Waals surface area contributed by atoms with Crippen LogP contribution < -0.4 is 20.5 Å². The molecule has 180 valence electrons. The monoisotopic (exact) mass is 489 g/mol. The number of amides is 1. The highest BCUT2D eigenvalue weighted by molar-refractivity contribution is 7.17. The fourth-order valence-corrected chi connectivity index (χ4v) is 5.24. The van der Waals surface area contributed by atoms with Gasteiger partial charge in [0.05, 0.1) is 24.4 Å². The average Bonchev–Trinajstić information content (AvgIpc) is 3.38. The van der Waals surface area contributed by atoms with Crippen molar-refractivity contribution in [2.75, 3.05) is 25.1 Å². The summed E-state index contributed by atoms with van der Waals surface area (Å²) in [5.74, 6) is 1.22. The molecule has 1 aromatic carbocycles. The molecule has 0 radical (unpaired) electrons. The van der Waals surface area contributed by atoms with Crippen LogP contribution in [0.3, 0.4) is 0 Å². The Kier molecular flexibility index (Phi) is 6.50. The molecule has 0 bridgehead atoms. The number of hydrogen-bond donors (Lipinski definition) is 1. The van der Waals surface area contributed by atoms with Crippen molar-refractivity contribution in [1.82, 2.24) is 19.9 Å². The van der Waals surface area contributed by atoms with Crippen molar-refractivity contribution in [1.29, 1.82) is 0 Å². The Labute approximate surface area is 207 Å². The molecule has 4 aromatic rings. The Balaban J connectivity index is 1.38. The highest BCUT2D eigenvalue weighted by Gasteiger charge is 2.29. The number of fused-ring (bicyclic) bond motifs is 1. The van der Waals surface area contributed by atoms with Crippen molar-refractivity contribution in [2.45, 2.75) is 25.8 Å². The number of pyridine rings is 1. The van der Waals surface area contributed by atoms with Gasteiger partial charge in [0.2, 0.25) is 11.9 Å². The highest BCUT2D eigenvalue weighted by atomic mass is 32.1. The Morgan fingerprint density at radius 3 is 2.77 bits per heavy atom. The maximum Gasteiger partial charge on any atom is 0.277 e. The first-order valence-corrected chi connectivity index (χ1v) is 12.5. The number of carbonyl (C=O) groups is 1. The summed E-state index contributed by atoms with van der Waals surface area (Å²) in [5, 5.41) is 5.01. The summed E-state index contributed by atoms with van der Waals surface area (Å²) in [7, 11) is 1.61. The van der Waals surface area contributed by atoms with Gasteiger partial charge in [0.1, 0.15) is 10.4 Å². The maximum atomic E-state index is 13.5. The summed E-state index contributed by atoms with van der Waals surface area (Å²) in [6, 6.07) is 13.0. The predicted molar refractivity (Wildman–Crippen MR) is 138 cm³/mol. The van der Waals surface area contributed by atoms with Crippen LogP contribution in [0.4, 0.5) is 5.95 Å². The molecule has 1 unspecified atom stereocenters. The summed E-state index contributed by atoms with van der Waals surface area (Å²) in [5.41, 5.74) is 2.28. The van der Waals surface area contributed by atoms with Gasteiger partial charge in [0, 0.05) is 37.5 Å². The fourth-order valence-electron chi connectivity index (χ4n) is 4.48. The quantitative estimate of drug-likeness (QED) is 0.441. The number of ether oxygens (including phenoxy) is 1.